The average Bonchev–Trinajstić information content (AvgIpc) is 2.28. The second kappa shape index (κ2) is 7.10. The van der Waals surface area contributed by atoms with Crippen LogP contribution in [0.2, 0.25) is 0 Å². The van der Waals surface area contributed by atoms with Crippen LogP contribution in [0.5, 0.6) is 0 Å². The topological polar surface area (TPSA) is 43.1 Å². The monoisotopic (exact) mass is 233 g/mol. The molecule has 0 fully saturated rings. The van der Waals surface area contributed by atoms with Gasteiger partial charge in [-0.15, -0.1) is 0 Å². The van der Waals surface area contributed by atoms with Crippen LogP contribution in [-0.4, -0.2) is 5.78 Å². The molecule has 0 aliphatic rings. The Morgan fingerprint density at radius 1 is 1.29 bits per heavy atom. The van der Waals surface area contributed by atoms with Gasteiger partial charge in [0.25, 0.3) is 0 Å². The van der Waals surface area contributed by atoms with E-state index in [0.29, 0.717) is 18.1 Å². The number of Topliss-reactive ketones (excluding diaryl/α,β-unsaturated/α-hetero) is 1. The van der Waals surface area contributed by atoms with E-state index in [4.69, 9.17) is 5.73 Å². The molecule has 2 nitrogen and oxygen atoms in total. The van der Waals surface area contributed by atoms with E-state index in [-0.39, 0.29) is 0 Å². The first-order valence-corrected chi connectivity index (χ1v) is 6.48. The molecule has 1 rings (SSSR count). The van der Waals surface area contributed by atoms with Crippen molar-refractivity contribution >= 4 is 11.5 Å². The third-order valence-electron chi connectivity index (χ3n) is 3.03. The summed E-state index contributed by atoms with van der Waals surface area (Å²) in [4.78, 5) is 11.7. The summed E-state index contributed by atoms with van der Waals surface area (Å²) < 4.78 is 0. The van der Waals surface area contributed by atoms with Crippen LogP contribution in [0, 0.1) is 5.92 Å². The number of ketones is 1. The summed E-state index contributed by atoms with van der Waals surface area (Å²) in [5.74, 6) is 0.904. The Bertz CT molecular complexity index is 342. The predicted octanol–water partition coefficient (Wildman–Crippen LogP) is 3.60. The van der Waals surface area contributed by atoms with E-state index in [1.165, 1.54) is 5.56 Å². The van der Waals surface area contributed by atoms with Crippen LogP contribution in [0.15, 0.2) is 24.3 Å². The van der Waals surface area contributed by atoms with Crippen LogP contribution in [0.1, 0.15) is 45.1 Å². The van der Waals surface area contributed by atoms with Gasteiger partial charge in [0.15, 0.2) is 0 Å². The van der Waals surface area contributed by atoms with Crippen LogP contribution in [0.4, 0.5) is 5.69 Å². The van der Waals surface area contributed by atoms with Gasteiger partial charge in [0.2, 0.25) is 0 Å². The summed E-state index contributed by atoms with van der Waals surface area (Å²) in [6, 6.07) is 7.77. The lowest BCUT2D eigenvalue weighted by molar-refractivity contribution is -0.119. The second-order valence-electron chi connectivity index (χ2n) is 4.88. The average molecular weight is 233 g/mol. The smallest absolute Gasteiger partial charge is 0.133 e. The zero-order valence-electron chi connectivity index (χ0n) is 10.9. The van der Waals surface area contributed by atoms with Crippen molar-refractivity contribution in [3.05, 3.63) is 29.8 Å². The summed E-state index contributed by atoms with van der Waals surface area (Å²) in [6.45, 7) is 4.32. The van der Waals surface area contributed by atoms with Crippen LogP contribution >= 0.6 is 0 Å². The van der Waals surface area contributed by atoms with E-state index < -0.39 is 0 Å². The van der Waals surface area contributed by atoms with Gasteiger partial charge in [0, 0.05) is 18.5 Å². The number of carbonyl (C=O) groups is 1. The first kappa shape index (κ1) is 13.8. The first-order chi connectivity index (χ1) is 8.11. The van der Waals surface area contributed by atoms with Crippen molar-refractivity contribution in [2.75, 3.05) is 5.73 Å². The van der Waals surface area contributed by atoms with E-state index in [2.05, 4.69) is 13.8 Å². The van der Waals surface area contributed by atoms with Crippen molar-refractivity contribution in [3.63, 3.8) is 0 Å². The molecule has 0 aliphatic heterocycles. The number of hydrogen-bond donors (Lipinski definition) is 1. The molecule has 0 amide bonds. The highest BCUT2D eigenvalue weighted by Crippen LogP contribution is 2.13. The van der Waals surface area contributed by atoms with Gasteiger partial charge < -0.3 is 5.73 Å². The molecule has 17 heavy (non-hydrogen) atoms. The maximum Gasteiger partial charge on any atom is 0.133 e. The van der Waals surface area contributed by atoms with Crippen molar-refractivity contribution in [2.45, 2.75) is 46.0 Å². The molecule has 1 aromatic rings. The van der Waals surface area contributed by atoms with E-state index in [1.54, 1.807) is 0 Å². The third-order valence-corrected chi connectivity index (χ3v) is 3.03. The summed E-state index contributed by atoms with van der Waals surface area (Å²) >= 11 is 0. The number of hydrogen-bond acceptors (Lipinski definition) is 2. The van der Waals surface area contributed by atoms with E-state index in [1.807, 2.05) is 24.3 Å². The summed E-state index contributed by atoms with van der Waals surface area (Å²) in [7, 11) is 0. The lowest BCUT2D eigenvalue weighted by Gasteiger charge is -2.08. The Balaban J connectivity index is 2.30. The fraction of sp³-hybridized carbons (Fsp3) is 0.533. The number of anilines is 1. The van der Waals surface area contributed by atoms with Gasteiger partial charge in [-0.3, -0.25) is 4.79 Å². The summed E-state index contributed by atoms with van der Waals surface area (Å²) in [5, 5.41) is 0. The van der Waals surface area contributed by atoms with E-state index >= 15 is 0 Å². The molecular formula is C15H23NO. The van der Waals surface area contributed by atoms with Gasteiger partial charge in [-0.05, 0) is 30.0 Å². The Morgan fingerprint density at radius 3 is 2.53 bits per heavy atom. The van der Waals surface area contributed by atoms with Gasteiger partial charge in [0.05, 0.1) is 0 Å². The molecule has 0 aromatic heterocycles. The predicted molar refractivity (Wildman–Crippen MR) is 72.9 cm³/mol. The minimum absolute atomic E-state index is 0.378. The van der Waals surface area contributed by atoms with E-state index in [0.717, 1.165) is 31.4 Å². The van der Waals surface area contributed by atoms with Crippen LogP contribution in [-0.2, 0) is 11.2 Å². The minimum Gasteiger partial charge on any atom is -0.399 e. The zero-order chi connectivity index (χ0) is 12.7. The maximum atomic E-state index is 11.7. The van der Waals surface area contributed by atoms with Gasteiger partial charge in [-0.25, -0.2) is 0 Å². The molecular weight excluding hydrogens is 210 g/mol. The lowest BCUT2D eigenvalue weighted by atomic mass is 9.96. The number of nitrogen functional groups attached to an aromatic ring is 1. The molecule has 94 valence electrons. The highest BCUT2D eigenvalue weighted by atomic mass is 16.1. The largest absolute Gasteiger partial charge is 0.399 e. The van der Waals surface area contributed by atoms with Gasteiger partial charge in [0.1, 0.15) is 5.78 Å². The molecule has 0 saturated heterocycles. The molecule has 0 bridgehead atoms. The van der Waals surface area contributed by atoms with Gasteiger partial charge in [-0.2, -0.15) is 0 Å². The van der Waals surface area contributed by atoms with Crippen molar-refractivity contribution < 1.29 is 4.79 Å². The highest BCUT2D eigenvalue weighted by Gasteiger charge is 2.08. The molecule has 0 radical (unpaired) electrons. The SMILES string of the molecule is CCCC(C)CC(=O)CCc1ccc(N)cc1. The molecule has 0 saturated carbocycles. The maximum absolute atomic E-state index is 11.7. The normalized spacial score (nSPS) is 12.4. The lowest BCUT2D eigenvalue weighted by Crippen LogP contribution is -2.06. The van der Waals surface area contributed by atoms with Gasteiger partial charge >= 0.3 is 0 Å². The Morgan fingerprint density at radius 2 is 1.94 bits per heavy atom. The Hall–Kier alpha value is -1.31. The standard InChI is InChI=1S/C15H23NO/c1-3-4-12(2)11-15(17)10-7-13-5-8-14(16)9-6-13/h5-6,8-9,12H,3-4,7,10-11,16H2,1-2H3. The Labute approximate surface area is 104 Å². The molecule has 2 heteroatoms. The molecule has 0 aliphatic carbocycles. The Kier molecular flexibility index (Phi) is 5.75. The number of aryl methyl sites for hydroxylation is 1. The molecule has 0 spiro atoms. The summed E-state index contributed by atoms with van der Waals surface area (Å²) in [6.07, 6.45) is 4.51. The molecule has 2 N–H and O–H groups in total. The third kappa shape index (κ3) is 5.53. The minimum atomic E-state index is 0.378. The number of nitrogens with two attached hydrogens (primary N) is 1. The van der Waals surface area contributed by atoms with Crippen LogP contribution < -0.4 is 5.73 Å². The number of carbonyl (C=O) groups excluding carboxylic acids is 1. The van der Waals surface area contributed by atoms with Crippen molar-refractivity contribution in [1.29, 1.82) is 0 Å². The second-order valence-corrected chi connectivity index (χ2v) is 4.88. The highest BCUT2D eigenvalue weighted by molar-refractivity contribution is 5.78. The first-order valence-electron chi connectivity index (χ1n) is 6.48. The van der Waals surface area contributed by atoms with Gasteiger partial charge in [-0.1, -0.05) is 38.8 Å². The van der Waals surface area contributed by atoms with Crippen molar-refractivity contribution in [3.8, 4) is 0 Å². The molecule has 1 aromatic carbocycles. The van der Waals surface area contributed by atoms with Crippen molar-refractivity contribution in [1.82, 2.24) is 0 Å². The fourth-order valence-electron chi connectivity index (χ4n) is 2.05. The molecule has 1 atom stereocenters. The quantitative estimate of drug-likeness (QED) is 0.731. The number of benzene rings is 1. The number of rotatable bonds is 7. The van der Waals surface area contributed by atoms with E-state index in [9.17, 15) is 4.79 Å². The summed E-state index contributed by atoms with van der Waals surface area (Å²) in [5.41, 5.74) is 7.58. The van der Waals surface area contributed by atoms with Crippen LogP contribution in [0.3, 0.4) is 0 Å². The zero-order valence-corrected chi connectivity index (χ0v) is 10.9. The molecule has 1 unspecified atom stereocenters. The van der Waals surface area contributed by atoms with Crippen LogP contribution in [0.25, 0.3) is 0 Å². The van der Waals surface area contributed by atoms with Crippen molar-refractivity contribution in [2.24, 2.45) is 5.92 Å². The molecule has 0 heterocycles. The fourth-order valence-corrected chi connectivity index (χ4v) is 2.05.